The van der Waals surface area contributed by atoms with Gasteiger partial charge in [-0.3, -0.25) is 0 Å². The van der Waals surface area contributed by atoms with E-state index in [-0.39, 0.29) is 0 Å². The van der Waals surface area contributed by atoms with Crippen LogP contribution in [0, 0.1) is 5.92 Å². The quantitative estimate of drug-likeness (QED) is 0.619. The van der Waals surface area contributed by atoms with E-state index in [4.69, 9.17) is 9.47 Å². The number of hydrogen-bond acceptors (Lipinski definition) is 3. The molecule has 72 valence electrons. The Morgan fingerprint density at radius 3 is 3.00 bits per heavy atom. The molecule has 0 aromatic heterocycles. The van der Waals surface area contributed by atoms with Gasteiger partial charge < -0.3 is 14.8 Å². The summed E-state index contributed by atoms with van der Waals surface area (Å²) in [7, 11) is 1.72. The molecule has 1 aliphatic heterocycles. The van der Waals surface area contributed by atoms with E-state index in [1.165, 1.54) is 6.42 Å². The maximum atomic E-state index is 5.54. The average Bonchev–Trinajstić information content (AvgIpc) is 2.46. The van der Waals surface area contributed by atoms with E-state index in [0.29, 0.717) is 12.0 Å². The fraction of sp³-hybridized carbons (Fsp3) is 1.00. The summed E-state index contributed by atoms with van der Waals surface area (Å²) in [4.78, 5) is 0. The van der Waals surface area contributed by atoms with Crippen molar-refractivity contribution in [2.75, 3.05) is 33.4 Å². The molecule has 2 atom stereocenters. The van der Waals surface area contributed by atoms with Crippen LogP contribution >= 0.6 is 0 Å². The van der Waals surface area contributed by atoms with Gasteiger partial charge in [0.15, 0.2) is 0 Å². The Bertz CT molecular complexity index is 119. The molecule has 12 heavy (non-hydrogen) atoms. The third-order valence-corrected chi connectivity index (χ3v) is 2.37. The molecule has 0 bridgehead atoms. The zero-order valence-electron chi connectivity index (χ0n) is 8.01. The molecule has 0 radical (unpaired) electrons. The summed E-state index contributed by atoms with van der Waals surface area (Å²) in [6.07, 6.45) is 1.62. The predicted octanol–water partition coefficient (Wildman–Crippen LogP) is 0.647. The Morgan fingerprint density at radius 2 is 2.42 bits per heavy atom. The van der Waals surface area contributed by atoms with Gasteiger partial charge in [0.1, 0.15) is 0 Å². The summed E-state index contributed by atoms with van der Waals surface area (Å²) in [5, 5.41) is 3.31. The highest BCUT2D eigenvalue weighted by Crippen LogP contribution is 2.18. The highest BCUT2D eigenvalue weighted by atomic mass is 16.5. The van der Waals surface area contributed by atoms with Crippen molar-refractivity contribution >= 4 is 0 Å². The predicted molar refractivity (Wildman–Crippen MR) is 48.3 cm³/mol. The standard InChI is InChI=1S/C9H19NO2/c1-8-3-5-12-9(8)7-10-4-6-11-2/h8-10H,3-7H2,1-2H3. The van der Waals surface area contributed by atoms with Gasteiger partial charge in [0.25, 0.3) is 0 Å². The second-order valence-corrected chi connectivity index (χ2v) is 3.37. The van der Waals surface area contributed by atoms with Crippen LogP contribution in [0.1, 0.15) is 13.3 Å². The molecular formula is C9H19NO2. The van der Waals surface area contributed by atoms with Crippen LogP contribution in [0.4, 0.5) is 0 Å². The van der Waals surface area contributed by atoms with Gasteiger partial charge in [0.2, 0.25) is 0 Å². The second-order valence-electron chi connectivity index (χ2n) is 3.37. The van der Waals surface area contributed by atoms with E-state index in [1.807, 2.05) is 0 Å². The molecule has 0 aliphatic carbocycles. The van der Waals surface area contributed by atoms with Crippen LogP contribution in [0.2, 0.25) is 0 Å². The summed E-state index contributed by atoms with van der Waals surface area (Å²) in [5.41, 5.74) is 0. The maximum Gasteiger partial charge on any atom is 0.0725 e. The average molecular weight is 173 g/mol. The van der Waals surface area contributed by atoms with Crippen molar-refractivity contribution in [3.8, 4) is 0 Å². The first kappa shape index (κ1) is 9.96. The van der Waals surface area contributed by atoms with Crippen molar-refractivity contribution in [2.45, 2.75) is 19.4 Å². The number of rotatable bonds is 5. The summed E-state index contributed by atoms with van der Waals surface area (Å²) in [6, 6.07) is 0. The fourth-order valence-electron chi connectivity index (χ4n) is 1.43. The molecule has 2 unspecified atom stereocenters. The highest BCUT2D eigenvalue weighted by molar-refractivity contribution is 4.74. The number of hydrogen-bond donors (Lipinski definition) is 1. The third-order valence-electron chi connectivity index (χ3n) is 2.37. The molecule has 0 aromatic carbocycles. The minimum absolute atomic E-state index is 0.418. The van der Waals surface area contributed by atoms with E-state index in [9.17, 15) is 0 Å². The Balaban J connectivity index is 1.98. The Morgan fingerprint density at radius 1 is 1.58 bits per heavy atom. The zero-order valence-corrected chi connectivity index (χ0v) is 8.01. The summed E-state index contributed by atoms with van der Waals surface area (Å²) in [6.45, 7) is 5.84. The Kier molecular flexibility index (Phi) is 4.58. The van der Waals surface area contributed by atoms with E-state index in [1.54, 1.807) is 7.11 Å². The molecule has 0 aromatic rings. The molecule has 1 heterocycles. The van der Waals surface area contributed by atoms with Crippen molar-refractivity contribution in [3.63, 3.8) is 0 Å². The molecule has 0 amide bonds. The first-order valence-electron chi connectivity index (χ1n) is 4.66. The number of methoxy groups -OCH3 is 1. The van der Waals surface area contributed by atoms with Crippen LogP contribution in [-0.4, -0.2) is 39.5 Å². The van der Waals surface area contributed by atoms with E-state index >= 15 is 0 Å². The lowest BCUT2D eigenvalue weighted by atomic mass is 10.0. The lowest BCUT2D eigenvalue weighted by Gasteiger charge is -2.14. The van der Waals surface area contributed by atoms with Crippen LogP contribution in [0.25, 0.3) is 0 Å². The first-order valence-corrected chi connectivity index (χ1v) is 4.66. The van der Waals surface area contributed by atoms with E-state index in [0.717, 1.165) is 26.3 Å². The maximum absolute atomic E-state index is 5.54. The molecule has 1 aliphatic rings. The molecule has 0 spiro atoms. The van der Waals surface area contributed by atoms with Gasteiger partial charge in [0, 0.05) is 26.8 Å². The smallest absolute Gasteiger partial charge is 0.0725 e. The van der Waals surface area contributed by atoms with Gasteiger partial charge in [-0.05, 0) is 12.3 Å². The normalized spacial score (nSPS) is 29.5. The molecule has 1 saturated heterocycles. The van der Waals surface area contributed by atoms with Gasteiger partial charge in [-0.15, -0.1) is 0 Å². The topological polar surface area (TPSA) is 30.5 Å². The summed E-state index contributed by atoms with van der Waals surface area (Å²) >= 11 is 0. The van der Waals surface area contributed by atoms with Crippen molar-refractivity contribution in [1.29, 1.82) is 0 Å². The van der Waals surface area contributed by atoms with Crippen LogP contribution in [0.15, 0.2) is 0 Å². The molecule has 0 saturated carbocycles. The summed E-state index contributed by atoms with van der Waals surface area (Å²) in [5.74, 6) is 0.708. The Labute approximate surface area is 74.4 Å². The second kappa shape index (κ2) is 5.51. The largest absolute Gasteiger partial charge is 0.383 e. The van der Waals surface area contributed by atoms with Gasteiger partial charge in [-0.2, -0.15) is 0 Å². The van der Waals surface area contributed by atoms with Crippen LogP contribution in [0.5, 0.6) is 0 Å². The first-order chi connectivity index (χ1) is 5.84. The van der Waals surface area contributed by atoms with Gasteiger partial charge >= 0.3 is 0 Å². The molecule has 1 fully saturated rings. The SMILES string of the molecule is COCCNCC1OCCC1C. The molecule has 1 rings (SSSR count). The zero-order chi connectivity index (χ0) is 8.81. The number of ether oxygens (including phenoxy) is 2. The third kappa shape index (κ3) is 3.09. The van der Waals surface area contributed by atoms with Crippen LogP contribution in [0.3, 0.4) is 0 Å². The van der Waals surface area contributed by atoms with E-state index < -0.39 is 0 Å². The lowest BCUT2D eigenvalue weighted by molar-refractivity contribution is 0.0910. The van der Waals surface area contributed by atoms with Crippen molar-refractivity contribution in [2.24, 2.45) is 5.92 Å². The highest BCUT2D eigenvalue weighted by Gasteiger charge is 2.23. The molecule has 3 heteroatoms. The van der Waals surface area contributed by atoms with Crippen molar-refractivity contribution < 1.29 is 9.47 Å². The molecule has 1 N–H and O–H groups in total. The summed E-state index contributed by atoms with van der Waals surface area (Å²) < 4.78 is 10.5. The van der Waals surface area contributed by atoms with Crippen molar-refractivity contribution in [3.05, 3.63) is 0 Å². The fourth-order valence-corrected chi connectivity index (χ4v) is 1.43. The van der Waals surface area contributed by atoms with Crippen LogP contribution < -0.4 is 5.32 Å². The minimum Gasteiger partial charge on any atom is -0.383 e. The lowest BCUT2D eigenvalue weighted by Crippen LogP contribution is -2.31. The Hall–Kier alpha value is -0.120. The van der Waals surface area contributed by atoms with E-state index in [2.05, 4.69) is 12.2 Å². The minimum atomic E-state index is 0.418. The number of nitrogens with one attached hydrogen (secondary N) is 1. The van der Waals surface area contributed by atoms with Crippen LogP contribution in [-0.2, 0) is 9.47 Å². The van der Waals surface area contributed by atoms with Gasteiger partial charge in [0.05, 0.1) is 12.7 Å². The van der Waals surface area contributed by atoms with Gasteiger partial charge in [-0.1, -0.05) is 6.92 Å². The molecular weight excluding hydrogens is 154 g/mol. The molecule has 3 nitrogen and oxygen atoms in total. The van der Waals surface area contributed by atoms with Gasteiger partial charge in [-0.25, -0.2) is 0 Å². The monoisotopic (exact) mass is 173 g/mol. The van der Waals surface area contributed by atoms with Crippen molar-refractivity contribution in [1.82, 2.24) is 5.32 Å².